The Morgan fingerprint density at radius 1 is 0.964 bits per heavy atom. The number of benzene rings is 1. The van der Waals surface area contributed by atoms with Crippen molar-refractivity contribution in [3.63, 3.8) is 0 Å². The third-order valence-corrected chi connectivity index (χ3v) is 7.75. The van der Waals surface area contributed by atoms with Crippen LogP contribution in [0.25, 0.3) is 0 Å². The molecule has 4 fully saturated rings. The summed E-state index contributed by atoms with van der Waals surface area (Å²) in [6.07, 6.45) is 10.6. The Labute approximate surface area is 172 Å². The highest BCUT2D eigenvalue weighted by Gasteiger charge is 2.55. The molecule has 4 bridgehead atoms. The van der Waals surface area contributed by atoms with E-state index >= 15 is 0 Å². The van der Waals surface area contributed by atoms with Crippen molar-refractivity contribution in [2.24, 2.45) is 28.6 Å². The van der Waals surface area contributed by atoms with Crippen LogP contribution in [-0.4, -0.2) is 13.4 Å². The van der Waals surface area contributed by atoms with Crippen molar-refractivity contribution in [3.8, 4) is 5.75 Å². The van der Waals surface area contributed by atoms with Crippen LogP contribution in [0.1, 0.15) is 90.5 Å². The second kappa shape index (κ2) is 7.67. The minimum Gasteiger partial charge on any atom is -0.464 e. The van der Waals surface area contributed by atoms with E-state index in [9.17, 15) is 0 Å². The van der Waals surface area contributed by atoms with Gasteiger partial charge in [-0.1, -0.05) is 39.8 Å². The fraction of sp³-hybridized carbons (Fsp3) is 0.769. The minimum atomic E-state index is -0.0942. The summed E-state index contributed by atoms with van der Waals surface area (Å²) in [6.45, 7) is 9.31. The molecular formula is C26H40O2. The van der Waals surface area contributed by atoms with E-state index in [1.807, 2.05) is 7.11 Å². The zero-order chi connectivity index (χ0) is 19.9. The van der Waals surface area contributed by atoms with Gasteiger partial charge < -0.3 is 9.47 Å². The Balaban J connectivity index is 1.46. The highest BCUT2D eigenvalue weighted by Crippen LogP contribution is 2.61. The summed E-state index contributed by atoms with van der Waals surface area (Å²) in [6, 6.07) is 8.91. The van der Waals surface area contributed by atoms with Gasteiger partial charge in [-0.05, 0) is 98.1 Å². The predicted octanol–water partition coefficient (Wildman–Crippen LogP) is 7.18. The lowest BCUT2D eigenvalue weighted by Gasteiger charge is -2.58. The van der Waals surface area contributed by atoms with Crippen molar-refractivity contribution in [3.05, 3.63) is 29.8 Å². The molecule has 28 heavy (non-hydrogen) atoms. The topological polar surface area (TPSA) is 18.5 Å². The third-order valence-electron chi connectivity index (χ3n) is 7.75. The highest BCUT2D eigenvalue weighted by molar-refractivity contribution is 5.30. The highest BCUT2D eigenvalue weighted by atomic mass is 16.7. The molecule has 4 saturated carbocycles. The van der Waals surface area contributed by atoms with Crippen LogP contribution >= 0.6 is 0 Å². The Bertz CT molecular complexity index is 619. The number of hydrogen-bond acceptors (Lipinski definition) is 2. The molecule has 2 heteroatoms. The van der Waals surface area contributed by atoms with Gasteiger partial charge >= 0.3 is 0 Å². The average molecular weight is 385 g/mol. The van der Waals surface area contributed by atoms with Gasteiger partial charge in [-0.2, -0.15) is 0 Å². The molecular weight excluding hydrogens is 344 g/mol. The summed E-state index contributed by atoms with van der Waals surface area (Å²) >= 11 is 0. The van der Waals surface area contributed by atoms with Crippen LogP contribution in [0.5, 0.6) is 5.75 Å². The molecule has 1 aromatic rings. The molecule has 0 saturated heterocycles. The molecule has 0 N–H and O–H groups in total. The zero-order valence-electron chi connectivity index (χ0n) is 18.7. The summed E-state index contributed by atoms with van der Waals surface area (Å²) < 4.78 is 12.5. The van der Waals surface area contributed by atoms with Gasteiger partial charge in [0.1, 0.15) is 5.75 Å². The SMILES string of the molecule is CCC(CC(C)(C)C)c1ccc(OC(OC)C23CC4CC(CC(C4)C2)C3)cc1. The molecule has 4 aliphatic carbocycles. The predicted molar refractivity (Wildman–Crippen MR) is 116 cm³/mol. The standard InChI is InChI=1S/C26H40O2/c1-6-21(17-25(2,3)4)22-7-9-23(10-8-22)28-24(27-5)26-14-18-11-19(15-26)13-20(12-18)16-26/h7-10,18-21,24H,6,11-17H2,1-5H3. The van der Waals surface area contributed by atoms with Crippen molar-refractivity contribution in [1.29, 1.82) is 0 Å². The van der Waals surface area contributed by atoms with Crippen molar-refractivity contribution in [1.82, 2.24) is 0 Å². The van der Waals surface area contributed by atoms with E-state index in [1.54, 1.807) is 0 Å². The Morgan fingerprint density at radius 2 is 1.50 bits per heavy atom. The molecule has 0 amide bonds. The molecule has 0 aliphatic heterocycles. The number of rotatable bonds is 7. The first-order chi connectivity index (χ1) is 13.3. The van der Waals surface area contributed by atoms with Gasteiger partial charge in [0.05, 0.1) is 0 Å². The van der Waals surface area contributed by atoms with Crippen LogP contribution in [0.3, 0.4) is 0 Å². The van der Waals surface area contributed by atoms with Gasteiger partial charge in [0.25, 0.3) is 0 Å². The maximum atomic E-state index is 6.50. The monoisotopic (exact) mass is 384 g/mol. The summed E-state index contributed by atoms with van der Waals surface area (Å²) in [7, 11) is 1.84. The summed E-state index contributed by atoms with van der Waals surface area (Å²) in [4.78, 5) is 0. The van der Waals surface area contributed by atoms with E-state index < -0.39 is 0 Å². The van der Waals surface area contributed by atoms with Gasteiger partial charge in [0.2, 0.25) is 6.29 Å². The zero-order valence-corrected chi connectivity index (χ0v) is 18.7. The molecule has 4 aliphatic rings. The van der Waals surface area contributed by atoms with Crippen LogP contribution in [-0.2, 0) is 4.74 Å². The quantitative estimate of drug-likeness (QED) is 0.463. The van der Waals surface area contributed by atoms with E-state index in [1.165, 1.54) is 56.9 Å². The lowest BCUT2D eigenvalue weighted by molar-refractivity contribution is -0.204. The van der Waals surface area contributed by atoms with Crippen LogP contribution in [0, 0.1) is 28.6 Å². The van der Waals surface area contributed by atoms with Gasteiger partial charge in [0, 0.05) is 12.5 Å². The van der Waals surface area contributed by atoms with Crippen molar-refractivity contribution >= 4 is 0 Å². The van der Waals surface area contributed by atoms with Crippen LogP contribution in [0.4, 0.5) is 0 Å². The average Bonchev–Trinajstić information content (AvgIpc) is 2.63. The van der Waals surface area contributed by atoms with E-state index in [2.05, 4.69) is 52.0 Å². The van der Waals surface area contributed by atoms with E-state index in [0.717, 1.165) is 23.5 Å². The molecule has 1 aromatic carbocycles. The van der Waals surface area contributed by atoms with Gasteiger partial charge in [0.15, 0.2) is 0 Å². The Hall–Kier alpha value is -1.02. The first kappa shape index (κ1) is 20.3. The first-order valence-electron chi connectivity index (χ1n) is 11.6. The van der Waals surface area contributed by atoms with Gasteiger partial charge in [-0.3, -0.25) is 0 Å². The first-order valence-corrected chi connectivity index (χ1v) is 11.6. The van der Waals surface area contributed by atoms with E-state index in [0.29, 0.717) is 11.3 Å². The van der Waals surface area contributed by atoms with E-state index in [-0.39, 0.29) is 11.7 Å². The van der Waals surface area contributed by atoms with Gasteiger partial charge in [-0.25, -0.2) is 0 Å². The van der Waals surface area contributed by atoms with E-state index in [4.69, 9.17) is 9.47 Å². The number of ether oxygens (including phenoxy) is 2. The smallest absolute Gasteiger partial charge is 0.205 e. The molecule has 0 heterocycles. The third kappa shape index (κ3) is 4.13. The second-order valence-corrected chi connectivity index (χ2v) is 11.4. The largest absolute Gasteiger partial charge is 0.464 e. The molecule has 0 aromatic heterocycles. The molecule has 2 nitrogen and oxygen atoms in total. The molecule has 156 valence electrons. The molecule has 2 unspecified atom stereocenters. The van der Waals surface area contributed by atoms with Crippen molar-refractivity contribution < 1.29 is 9.47 Å². The number of hydrogen-bond donors (Lipinski definition) is 0. The molecule has 0 spiro atoms. The maximum Gasteiger partial charge on any atom is 0.205 e. The summed E-state index contributed by atoms with van der Waals surface area (Å²) in [5.41, 5.74) is 2.05. The fourth-order valence-corrected chi connectivity index (χ4v) is 7.07. The summed E-state index contributed by atoms with van der Waals surface area (Å²) in [5, 5.41) is 0. The molecule has 2 atom stereocenters. The minimum absolute atomic E-state index is 0.0942. The maximum absolute atomic E-state index is 6.50. The lowest BCUT2D eigenvalue weighted by Crippen LogP contribution is -2.53. The Kier molecular flexibility index (Phi) is 5.55. The van der Waals surface area contributed by atoms with Crippen LogP contribution in [0.2, 0.25) is 0 Å². The Morgan fingerprint density at radius 3 is 1.93 bits per heavy atom. The lowest BCUT2D eigenvalue weighted by atomic mass is 9.49. The van der Waals surface area contributed by atoms with Crippen molar-refractivity contribution in [2.45, 2.75) is 91.3 Å². The second-order valence-electron chi connectivity index (χ2n) is 11.4. The van der Waals surface area contributed by atoms with Crippen LogP contribution < -0.4 is 4.74 Å². The normalized spacial score (nSPS) is 33.7. The molecule has 0 radical (unpaired) electrons. The fourth-order valence-electron chi connectivity index (χ4n) is 7.07. The van der Waals surface area contributed by atoms with Crippen LogP contribution in [0.15, 0.2) is 24.3 Å². The van der Waals surface area contributed by atoms with Crippen molar-refractivity contribution in [2.75, 3.05) is 7.11 Å². The van der Waals surface area contributed by atoms with Gasteiger partial charge in [-0.15, -0.1) is 0 Å². The molecule has 5 rings (SSSR count). The number of methoxy groups -OCH3 is 1. The summed E-state index contributed by atoms with van der Waals surface area (Å²) in [5.74, 6) is 4.33.